The van der Waals surface area contributed by atoms with E-state index in [4.69, 9.17) is 14.6 Å². The third-order valence-electron chi connectivity index (χ3n) is 4.67. The number of fused-ring (bicyclic) bond motifs is 1. The van der Waals surface area contributed by atoms with Crippen molar-refractivity contribution in [3.63, 3.8) is 0 Å². The SMILES string of the molecule is CC(=O)OCc1nc(C)cc(-c2nn(C3CCCCO3)c3ccc(O)cc23)n1. The predicted octanol–water partition coefficient (Wildman–Crippen LogP) is 3.27. The van der Waals surface area contributed by atoms with Gasteiger partial charge in [0.1, 0.15) is 11.4 Å². The van der Waals surface area contributed by atoms with Crippen LogP contribution < -0.4 is 0 Å². The lowest BCUT2D eigenvalue weighted by Crippen LogP contribution is -2.19. The summed E-state index contributed by atoms with van der Waals surface area (Å²) in [6.45, 7) is 3.90. The van der Waals surface area contributed by atoms with Crippen molar-refractivity contribution in [2.75, 3.05) is 6.61 Å². The third-order valence-corrected chi connectivity index (χ3v) is 4.67. The number of hydrogen-bond donors (Lipinski definition) is 1. The van der Waals surface area contributed by atoms with Crippen LogP contribution >= 0.6 is 0 Å². The van der Waals surface area contributed by atoms with E-state index in [0.717, 1.165) is 35.9 Å². The number of esters is 1. The van der Waals surface area contributed by atoms with Gasteiger partial charge in [0.25, 0.3) is 0 Å². The van der Waals surface area contributed by atoms with Crippen molar-refractivity contribution < 1.29 is 19.4 Å². The number of rotatable bonds is 4. The molecule has 8 nitrogen and oxygen atoms in total. The van der Waals surface area contributed by atoms with Crippen LogP contribution in [0.2, 0.25) is 0 Å². The van der Waals surface area contributed by atoms with E-state index in [1.165, 1.54) is 6.92 Å². The highest BCUT2D eigenvalue weighted by Crippen LogP contribution is 2.34. The number of carbonyl (C=O) groups excluding carboxylic acids is 1. The second kappa shape index (κ2) is 7.55. The van der Waals surface area contributed by atoms with Gasteiger partial charge in [-0.2, -0.15) is 5.10 Å². The fourth-order valence-electron chi connectivity index (χ4n) is 3.44. The smallest absolute Gasteiger partial charge is 0.303 e. The molecule has 4 rings (SSSR count). The Labute approximate surface area is 162 Å². The number of carbonyl (C=O) groups is 1. The van der Waals surface area contributed by atoms with Gasteiger partial charge in [-0.05, 0) is 50.5 Å². The Hall–Kier alpha value is -3.00. The van der Waals surface area contributed by atoms with E-state index in [0.29, 0.717) is 23.8 Å². The lowest BCUT2D eigenvalue weighted by Gasteiger charge is -2.23. The zero-order valence-electron chi connectivity index (χ0n) is 15.9. The molecule has 0 amide bonds. The Kier molecular flexibility index (Phi) is 4.95. The predicted molar refractivity (Wildman–Crippen MR) is 101 cm³/mol. The molecule has 0 radical (unpaired) electrons. The Balaban J connectivity index is 1.82. The van der Waals surface area contributed by atoms with Crippen LogP contribution in [0.5, 0.6) is 5.75 Å². The summed E-state index contributed by atoms with van der Waals surface area (Å²) in [5, 5.41) is 15.6. The zero-order chi connectivity index (χ0) is 19.7. The molecule has 3 heterocycles. The number of phenols is 1. The highest BCUT2D eigenvalue weighted by atomic mass is 16.5. The number of phenolic OH excluding ortho intramolecular Hbond substituents is 1. The van der Waals surface area contributed by atoms with Gasteiger partial charge in [0.15, 0.2) is 18.7 Å². The largest absolute Gasteiger partial charge is 0.508 e. The molecule has 1 aliphatic rings. The van der Waals surface area contributed by atoms with Gasteiger partial charge in [-0.15, -0.1) is 0 Å². The van der Waals surface area contributed by atoms with Gasteiger partial charge in [0, 0.05) is 24.6 Å². The quantitative estimate of drug-likeness (QED) is 0.691. The topological polar surface area (TPSA) is 99.4 Å². The maximum atomic E-state index is 11.1. The average Bonchev–Trinajstić information content (AvgIpc) is 3.05. The Bertz CT molecular complexity index is 1020. The Morgan fingerprint density at radius 2 is 2.18 bits per heavy atom. The maximum Gasteiger partial charge on any atom is 0.303 e. The van der Waals surface area contributed by atoms with Gasteiger partial charge in [-0.1, -0.05) is 0 Å². The number of aromatic nitrogens is 4. The molecule has 1 aromatic carbocycles. The molecule has 0 aliphatic carbocycles. The van der Waals surface area contributed by atoms with Crippen LogP contribution in [-0.2, 0) is 20.9 Å². The minimum Gasteiger partial charge on any atom is -0.508 e. The summed E-state index contributed by atoms with van der Waals surface area (Å²) < 4.78 is 12.8. The molecular weight excluding hydrogens is 360 g/mol. The van der Waals surface area contributed by atoms with Gasteiger partial charge in [-0.3, -0.25) is 4.79 Å². The molecule has 3 aromatic rings. The lowest BCUT2D eigenvalue weighted by molar-refractivity contribution is -0.142. The second-order valence-electron chi connectivity index (χ2n) is 6.91. The molecule has 146 valence electrons. The molecule has 0 saturated carbocycles. The average molecular weight is 382 g/mol. The molecule has 0 bridgehead atoms. The molecule has 1 unspecified atom stereocenters. The summed E-state index contributed by atoms with van der Waals surface area (Å²) in [6.07, 6.45) is 2.88. The van der Waals surface area contributed by atoms with Gasteiger partial charge in [0.2, 0.25) is 0 Å². The van der Waals surface area contributed by atoms with Crippen molar-refractivity contribution in [3.05, 3.63) is 35.8 Å². The molecule has 1 N–H and O–H groups in total. The second-order valence-corrected chi connectivity index (χ2v) is 6.91. The summed E-state index contributed by atoms with van der Waals surface area (Å²) in [4.78, 5) is 20.0. The molecule has 1 fully saturated rings. The van der Waals surface area contributed by atoms with Crippen LogP contribution in [0.4, 0.5) is 0 Å². The van der Waals surface area contributed by atoms with Crippen molar-refractivity contribution in [2.45, 2.75) is 45.9 Å². The molecule has 28 heavy (non-hydrogen) atoms. The molecular formula is C20H22N4O4. The van der Waals surface area contributed by atoms with Crippen molar-refractivity contribution in [3.8, 4) is 17.1 Å². The first-order chi connectivity index (χ1) is 13.5. The summed E-state index contributed by atoms with van der Waals surface area (Å²) in [7, 11) is 0. The van der Waals surface area contributed by atoms with E-state index in [1.807, 2.05) is 23.7 Å². The van der Waals surface area contributed by atoms with Crippen LogP contribution in [-0.4, -0.2) is 37.4 Å². The standard InChI is InChI=1S/C20H22N4O4/c1-12-9-16(22-18(21-12)11-28-13(2)25)20-15-10-14(26)6-7-17(15)24(23-20)19-5-3-4-8-27-19/h6-7,9-10,19,26H,3-5,8,11H2,1-2H3. The van der Waals surface area contributed by atoms with Crippen molar-refractivity contribution in [2.24, 2.45) is 0 Å². The van der Waals surface area contributed by atoms with Crippen molar-refractivity contribution in [1.29, 1.82) is 0 Å². The first-order valence-electron chi connectivity index (χ1n) is 9.32. The molecule has 0 spiro atoms. The van der Waals surface area contributed by atoms with E-state index < -0.39 is 0 Å². The number of benzene rings is 1. The van der Waals surface area contributed by atoms with Gasteiger partial charge < -0.3 is 14.6 Å². The lowest BCUT2D eigenvalue weighted by atomic mass is 10.1. The summed E-state index contributed by atoms with van der Waals surface area (Å²) in [6, 6.07) is 6.99. The molecule has 8 heteroatoms. The van der Waals surface area contributed by atoms with Gasteiger partial charge in [-0.25, -0.2) is 14.6 Å². The van der Waals surface area contributed by atoms with Crippen LogP contribution in [0.15, 0.2) is 24.3 Å². The zero-order valence-corrected chi connectivity index (χ0v) is 15.9. The molecule has 2 aromatic heterocycles. The van der Waals surface area contributed by atoms with Crippen molar-refractivity contribution in [1.82, 2.24) is 19.7 Å². The summed E-state index contributed by atoms with van der Waals surface area (Å²) >= 11 is 0. The van der Waals surface area contributed by atoms with E-state index in [1.54, 1.807) is 12.1 Å². The van der Waals surface area contributed by atoms with Gasteiger partial charge in [0.05, 0.1) is 11.2 Å². The monoisotopic (exact) mass is 382 g/mol. The number of ether oxygens (including phenoxy) is 2. The molecule has 1 saturated heterocycles. The summed E-state index contributed by atoms with van der Waals surface area (Å²) in [5.41, 5.74) is 2.86. The number of hydrogen-bond acceptors (Lipinski definition) is 7. The van der Waals surface area contributed by atoms with Crippen LogP contribution in [0, 0.1) is 6.92 Å². The molecule has 1 atom stereocenters. The Morgan fingerprint density at radius 1 is 1.32 bits per heavy atom. The first kappa shape index (κ1) is 18.4. The Morgan fingerprint density at radius 3 is 2.93 bits per heavy atom. The maximum absolute atomic E-state index is 11.1. The normalized spacial score (nSPS) is 17.0. The highest BCUT2D eigenvalue weighted by molar-refractivity contribution is 5.93. The minimum absolute atomic E-state index is 0.000357. The van der Waals surface area contributed by atoms with E-state index in [-0.39, 0.29) is 24.6 Å². The van der Waals surface area contributed by atoms with Crippen LogP contribution in [0.25, 0.3) is 22.3 Å². The third kappa shape index (κ3) is 3.68. The van der Waals surface area contributed by atoms with Gasteiger partial charge >= 0.3 is 5.97 Å². The first-order valence-corrected chi connectivity index (χ1v) is 9.32. The van der Waals surface area contributed by atoms with E-state index in [2.05, 4.69) is 9.97 Å². The number of aryl methyl sites for hydroxylation is 1. The van der Waals surface area contributed by atoms with E-state index in [9.17, 15) is 9.90 Å². The molecule has 1 aliphatic heterocycles. The van der Waals surface area contributed by atoms with E-state index >= 15 is 0 Å². The van der Waals surface area contributed by atoms with Crippen LogP contribution in [0.1, 0.15) is 43.9 Å². The summed E-state index contributed by atoms with van der Waals surface area (Å²) in [5.74, 6) is 0.173. The number of nitrogens with zero attached hydrogens (tertiary/aromatic N) is 4. The fraction of sp³-hybridized carbons (Fsp3) is 0.400. The number of aromatic hydroxyl groups is 1. The van der Waals surface area contributed by atoms with Crippen LogP contribution in [0.3, 0.4) is 0 Å². The highest BCUT2D eigenvalue weighted by Gasteiger charge is 2.23. The minimum atomic E-state index is -0.388. The van der Waals surface area contributed by atoms with Crippen molar-refractivity contribution >= 4 is 16.9 Å². The fourth-order valence-corrected chi connectivity index (χ4v) is 3.44.